The third-order valence-corrected chi connectivity index (χ3v) is 2.41. The number of halogens is 3. The minimum Gasteiger partial charge on any atom is -0.358 e. The van der Waals surface area contributed by atoms with E-state index in [0.717, 1.165) is 6.07 Å². The van der Waals surface area contributed by atoms with Crippen LogP contribution in [0.15, 0.2) is 6.07 Å². The van der Waals surface area contributed by atoms with Crippen molar-refractivity contribution in [2.75, 3.05) is 44.6 Å². The Kier molecular flexibility index (Phi) is 4.90. The summed E-state index contributed by atoms with van der Waals surface area (Å²) in [6.45, 7) is 1.22. The standard InChI is InChI=1S/C10H17F3N6/c1-18(2)4-5-19(3)8-6-7(10(11,12)13)15-9(16-8)17-14/h6H,4-5,14H2,1-3H3,(H,15,16,17). The molecule has 1 aromatic rings. The Morgan fingerprint density at radius 1 is 1.21 bits per heavy atom. The zero-order chi connectivity index (χ0) is 14.6. The second-order valence-corrected chi connectivity index (χ2v) is 4.30. The Labute approximate surface area is 109 Å². The fourth-order valence-corrected chi connectivity index (χ4v) is 1.30. The van der Waals surface area contributed by atoms with Gasteiger partial charge in [0.05, 0.1) is 0 Å². The predicted molar refractivity (Wildman–Crippen MR) is 66.7 cm³/mol. The molecular weight excluding hydrogens is 261 g/mol. The summed E-state index contributed by atoms with van der Waals surface area (Å²) in [6.07, 6.45) is -4.54. The van der Waals surface area contributed by atoms with Gasteiger partial charge in [-0.05, 0) is 14.1 Å². The molecule has 0 spiro atoms. The molecule has 6 nitrogen and oxygen atoms in total. The molecule has 108 valence electrons. The summed E-state index contributed by atoms with van der Waals surface area (Å²) in [5.74, 6) is 4.99. The van der Waals surface area contributed by atoms with Crippen LogP contribution in [-0.2, 0) is 6.18 Å². The third-order valence-electron chi connectivity index (χ3n) is 2.41. The molecule has 0 unspecified atom stereocenters. The lowest BCUT2D eigenvalue weighted by Gasteiger charge is -2.21. The molecule has 0 aliphatic rings. The average molecular weight is 278 g/mol. The molecule has 0 bridgehead atoms. The Balaban J connectivity index is 2.99. The number of aromatic nitrogens is 2. The Morgan fingerprint density at radius 2 is 1.84 bits per heavy atom. The van der Waals surface area contributed by atoms with Crippen molar-refractivity contribution >= 4 is 11.8 Å². The molecule has 0 amide bonds. The molecular formula is C10H17F3N6. The van der Waals surface area contributed by atoms with E-state index in [0.29, 0.717) is 13.1 Å². The van der Waals surface area contributed by atoms with E-state index in [1.807, 2.05) is 24.4 Å². The molecule has 0 radical (unpaired) electrons. The van der Waals surface area contributed by atoms with Crippen molar-refractivity contribution in [2.45, 2.75) is 6.18 Å². The number of nitrogens with one attached hydrogen (secondary N) is 1. The second-order valence-electron chi connectivity index (χ2n) is 4.30. The topological polar surface area (TPSA) is 70.3 Å². The van der Waals surface area contributed by atoms with Crippen LogP contribution in [0.3, 0.4) is 0 Å². The quantitative estimate of drug-likeness (QED) is 0.612. The van der Waals surface area contributed by atoms with E-state index in [9.17, 15) is 13.2 Å². The van der Waals surface area contributed by atoms with E-state index in [1.54, 1.807) is 11.9 Å². The molecule has 9 heteroatoms. The van der Waals surface area contributed by atoms with Crippen LogP contribution in [0.25, 0.3) is 0 Å². The molecule has 0 saturated carbocycles. The van der Waals surface area contributed by atoms with Crippen molar-refractivity contribution in [1.29, 1.82) is 0 Å². The van der Waals surface area contributed by atoms with Crippen molar-refractivity contribution in [3.05, 3.63) is 11.8 Å². The maximum Gasteiger partial charge on any atom is 0.433 e. The van der Waals surface area contributed by atoms with Gasteiger partial charge in [0, 0.05) is 26.2 Å². The maximum atomic E-state index is 12.7. The van der Waals surface area contributed by atoms with Gasteiger partial charge >= 0.3 is 6.18 Å². The SMILES string of the molecule is CN(C)CCN(C)c1cc(C(F)(F)F)nc(NN)n1. The number of nitrogens with two attached hydrogens (primary N) is 1. The molecule has 3 N–H and O–H groups in total. The van der Waals surface area contributed by atoms with E-state index >= 15 is 0 Å². The smallest absolute Gasteiger partial charge is 0.358 e. The molecule has 0 saturated heterocycles. The number of likely N-dealkylation sites (N-methyl/N-ethyl adjacent to an activating group) is 2. The van der Waals surface area contributed by atoms with Crippen molar-refractivity contribution in [1.82, 2.24) is 14.9 Å². The summed E-state index contributed by atoms with van der Waals surface area (Å²) in [4.78, 5) is 10.7. The molecule has 0 aliphatic carbocycles. The largest absolute Gasteiger partial charge is 0.433 e. The third kappa shape index (κ3) is 4.52. The van der Waals surface area contributed by atoms with Crippen LogP contribution in [0.4, 0.5) is 24.9 Å². The first-order valence-corrected chi connectivity index (χ1v) is 5.53. The highest BCUT2D eigenvalue weighted by molar-refractivity contribution is 5.44. The van der Waals surface area contributed by atoms with Gasteiger partial charge in [0.1, 0.15) is 5.82 Å². The average Bonchev–Trinajstić information content (AvgIpc) is 2.34. The van der Waals surface area contributed by atoms with E-state index in [2.05, 4.69) is 9.97 Å². The Hall–Kier alpha value is -1.61. The number of nitrogens with zero attached hydrogens (tertiary/aromatic N) is 4. The van der Waals surface area contributed by atoms with Gasteiger partial charge in [0.2, 0.25) is 5.95 Å². The minimum absolute atomic E-state index is 0.164. The normalized spacial score (nSPS) is 11.8. The summed E-state index contributed by atoms with van der Waals surface area (Å²) >= 11 is 0. The minimum atomic E-state index is -4.54. The van der Waals surface area contributed by atoms with Gasteiger partial charge in [0.25, 0.3) is 0 Å². The molecule has 19 heavy (non-hydrogen) atoms. The summed E-state index contributed by atoms with van der Waals surface area (Å²) < 4.78 is 38.0. The summed E-state index contributed by atoms with van der Waals surface area (Å²) in [5.41, 5.74) is 1.01. The number of nitrogen functional groups attached to an aromatic ring is 1. The monoisotopic (exact) mass is 278 g/mol. The highest BCUT2D eigenvalue weighted by Crippen LogP contribution is 2.30. The molecule has 1 heterocycles. The van der Waals surface area contributed by atoms with Crippen LogP contribution >= 0.6 is 0 Å². The number of alkyl halides is 3. The van der Waals surface area contributed by atoms with Gasteiger partial charge in [-0.3, -0.25) is 5.43 Å². The van der Waals surface area contributed by atoms with E-state index in [-0.39, 0.29) is 11.8 Å². The summed E-state index contributed by atoms with van der Waals surface area (Å²) in [6, 6.07) is 0.899. The highest BCUT2D eigenvalue weighted by Gasteiger charge is 2.34. The number of hydrogen-bond donors (Lipinski definition) is 2. The van der Waals surface area contributed by atoms with Crippen LogP contribution in [0.2, 0.25) is 0 Å². The van der Waals surface area contributed by atoms with Crippen LogP contribution in [-0.4, -0.2) is 49.1 Å². The first-order chi connectivity index (χ1) is 8.74. The van der Waals surface area contributed by atoms with Crippen molar-refractivity contribution in [3.8, 4) is 0 Å². The second kappa shape index (κ2) is 6.02. The van der Waals surface area contributed by atoms with Gasteiger partial charge in [-0.2, -0.15) is 18.2 Å². The Bertz CT molecular complexity index is 420. The van der Waals surface area contributed by atoms with Crippen molar-refractivity contribution < 1.29 is 13.2 Å². The zero-order valence-electron chi connectivity index (χ0n) is 11.0. The lowest BCUT2D eigenvalue weighted by Crippen LogP contribution is -2.30. The molecule has 1 aromatic heterocycles. The zero-order valence-corrected chi connectivity index (χ0v) is 11.0. The van der Waals surface area contributed by atoms with Gasteiger partial charge in [-0.25, -0.2) is 10.8 Å². The Morgan fingerprint density at radius 3 is 2.32 bits per heavy atom. The first kappa shape index (κ1) is 15.4. The van der Waals surface area contributed by atoms with Crippen molar-refractivity contribution in [3.63, 3.8) is 0 Å². The van der Waals surface area contributed by atoms with Gasteiger partial charge in [-0.1, -0.05) is 0 Å². The van der Waals surface area contributed by atoms with E-state index in [4.69, 9.17) is 5.84 Å². The van der Waals surface area contributed by atoms with Gasteiger partial charge < -0.3 is 9.80 Å². The fourth-order valence-electron chi connectivity index (χ4n) is 1.30. The molecule has 0 atom stereocenters. The lowest BCUT2D eigenvalue weighted by atomic mass is 10.3. The predicted octanol–water partition coefficient (Wildman–Crippen LogP) is 0.779. The van der Waals surface area contributed by atoms with E-state index < -0.39 is 11.9 Å². The highest BCUT2D eigenvalue weighted by atomic mass is 19.4. The number of hydrazine groups is 1. The van der Waals surface area contributed by atoms with Crippen LogP contribution in [0, 0.1) is 0 Å². The molecule has 0 fully saturated rings. The molecule has 0 aliphatic heterocycles. The summed E-state index contributed by atoms with van der Waals surface area (Å²) in [5, 5.41) is 0. The van der Waals surface area contributed by atoms with Crippen LogP contribution in [0.1, 0.15) is 5.69 Å². The number of anilines is 2. The summed E-state index contributed by atoms with van der Waals surface area (Å²) in [7, 11) is 5.41. The molecule has 1 rings (SSSR count). The fraction of sp³-hybridized carbons (Fsp3) is 0.600. The van der Waals surface area contributed by atoms with E-state index in [1.165, 1.54) is 0 Å². The van der Waals surface area contributed by atoms with Crippen LogP contribution in [0.5, 0.6) is 0 Å². The van der Waals surface area contributed by atoms with Gasteiger partial charge in [0.15, 0.2) is 5.69 Å². The van der Waals surface area contributed by atoms with Crippen LogP contribution < -0.4 is 16.2 Å². The lowest BCUT2D eigenvalue weighted by molar-refractivity contribution is -0.141. The van der Waals surface area contributed by atoms with Crippen molar-refractivity contribution in [2.24, 2.45) is 5.84 Å². The van der Waals surface area contributed by atoms with Gasteiger partial charge in [-0.15, -0.1) is 0 Å². The number of hydrogen-bond acceptors (Lipinski definition) is 6. The first-order valence-electron chi connectivity index (χ1n) is 5.53. The molecule has 0 aromatic carbocycles. The number of rotatable bonds is 5. The maximum absolute atomic E-state index is 12.7.